The molecule has 0 saturated carbocycles. The highest BCUT2D eigenvalue weighted by atomic mass is 28.4. The molecular weight excluding hydrogens is 753 g/mol. The zero-order chi connectivity index (χ0) is 43.1. The van der Waals surface area contributed by atoms with E-state index in [1.165, 1.54) is 6.92 Å². The second-order valence-electron chi connectivity index (χ2n) is 17.9. The number of fused-ring (bicyclic) bond motifs is 1. The Morgan fingerprint density at radius 1 is 0.966 bits per heavy atom. The average molecular weight is 815 g/mol. The SMILES string of the molecule is CCCCOC(=O)Cc1c(C[C@H](O[Si](C)(C)C(C)(C)C)C(C)(C)c2ncn(Cc3ccccc3)c2[C@H](CN=[N+]=[N-])OC(C)=O)n(C(=O)OC(C)(C)C)c2ccccc12. The van der Waals surface area contributed by atoms with Gasteiger partial charge in [-0.3, -0.25) is 9.59 Å². The van der Waals surface area contributed by atoms with Gasteiger partial charge in [-0.1, -0.05) is 102 Å². The van der Waals surface area contributed by atoms with E-state index in [1.54, 1.807) is 10.9 Å². The summed E-state index contributed by atoms with van der Waals surface area (Å²) in [6, 6.07) is 17.3. The van der Waals surface area contributed by atoms with Crippen LogP contribution in [0.1, 0.15) is 116 Å². The van der Waals surface area contributed by atoms with Gasteiger partial charge in [0, 0.05) is 41.3 Å². The summed E-state index contributed by atoms with van der Waals surface area (Å²) in [6.07, 6.45) is 1.22. The highest BCUT2D eigenvalue weighted by Gasteiger charge is 2.47. The molecule has 2 aromatic heterocycles. The van der Waals surface area contributed by atoms with Crippen LogP contribution in [0.3, 0.4) is 0 Å². The smallest absolute Gasteiger partial charge is 0.419 e. The van der Waals surface area contributed by atoms with E-state index in [0.29, 0.717) is 41.3 Å². The fourth-order valence-corrected chi connectivity index (χ4v) is 8.18. The molecule has 314 valence electrons. The third kappa shape index (κ3) is 11.2. The Morgan fingerprint density at radius 2 is 1.62 bits per heavy atom. The summed E-state index contributed by atoms with van der Waals surface area (Å²) in [6.45, 7) is 24.2. The van der Waals surface area contributed by atoms with Gasteiger partial charge in [0.15, 0.2) is 8.32 Å². The molecule has 2 heterocycles. The van der Waals surface area contributed by atoms with E-state index in [2.05, 4.69) is 43.9 Å². The van der Waals surface area contributed by atoms with Crippen molar-refractivity contribution < 1.29 is 33.0 Å². The topological polar surface area (TPSA) is 160 Å². The summed E-state index contributed by atoms with van der Waals surface area (Å²) in [4.78, 5) is 48.6. The van der Waals surface area contributed by atoms with E-state index in [-0.39, 0.29) is 24.4 Å². The van der Waals surface area contributed by atoms with Gasteiger partial charge in [-0.15, -0.1) is 0 Å². The summed E-state index contributed by atoms with van der Waals surface area (Å²) in [5.74, 6) is -0.937. The van der Waals surface area contributed by atoms with Gasteiger partial charge in [0.1, 0.15) is 11.7 Å². The second kappa shape index (κ2) is 18.8. The third-order valence-corrected chi connectivity index (χ3v) is 15.3. The number of hydrogen-bond acceptors (Lipinski definition) is 9. The fraction of sp³-hybridized carbons (Fsp3) is 0.545. The van der Waals surface area contributed by atoms with Crippen molar-refractivity contribution in [2.45, 2.75) is 143 Å². The molecule has 2 atom stereocenters. The molecule has 13 nitrogen and oxygen atoms in total. The molecule has 0 aliphatic carbocycles. The van der Waals surface area contributed by atoms with Crippen LogP contribution in [0.4, 0.5) is 4.79 Å². The zero-order valence-electron chi connectivity index (χ0n) is 36.4. The van der Waals surface area contributed by atoms with Crippen molar-refractivity contribution in [3.63, 3.8) is 0 Å². The van der Waals surface area contributed by atoms with Crippen molar-refractivity contribution in [3.05, 3.63) is 99.6 Å². The highest BCUT2D eigenvalue weighted by Crippen LogP contribution is 2.44. The van der Waals surface area contributed by atoms with Gasteiger partial charge < -0.3 is 23.2 Å². The van der Waals surface area contributed by atoms with Gasteiger partial charge in [0.25, 0.3) is 0 Å². The van der Waals surface area contributed by atoms with Gasteiger partial charge in [0.05, 0.1) is 48.9 Å². The van der Waals surface area contributed by atoms with Crippen molar-refractivity contribution in [2.75, 3.05) is 13.2 Å². The first-order valence-electron chi connectivity index (χ1n) is 20.1. The molecule has 0 saturated heterocycles. The highest BCUT2D eigenvalue weighted by molar-refractivity contribution is 6.74. The zero-order valence-corrected chi connectivity index (χ0v) is 37.4. The molecule has 0 aliphatic heterocycles. The monoisotopic (exact) mass is 814 g/mol. The second-order valence-corrected chi connectivity index (χ2v) is 22.7. The molecule has 0 aliphatic rings. The molecule has 0 spiro atoms. The van der Waals surface area contributed by atoms with Crippen LogP contribution in [0.5, 0.6) is 0 Å². The quantitative estimate of drug-likeness (QED) is 0.0194. The van der Waals surface area contributed by atoms with Gasteiger partial charge in [-0.2, -0.15) is 0 Å². The molecule has 0 bridgehead atoms. The van der Waals surface area contributed by atoms with E-state index in [1.807, 2.05) is 101 Å². The van der Waals surface area contributed by atoms with Crippen LogP contribution in [0.25, 0.3) is 21.3 Å². The first-order chi connectivity index (χ1) is 27.1. The molecule has 4 rings (SSSR count). The van der Waals surface area contributed by atoms with E-state index in [9.17, 15) is 19.9 Å². The Kier molecular flexibility index (Phi) is 14.8. The van der Waals surface area contributed by atoms with Crippen LogP contribution in [0, 0.1) is 0 Å². The lowest BCUT2D eigenvalue weighted by atomic mass is 9.79. The van der Waals surface area contributed by atoms with Crippen molar-refractivity contribution in [1.29, 1.82) is 0 Å². The minimum atomic E-state index is -2.61. The molecule has 14 heteroatoms. The number of benzene rings is 2. The lowest BCUT2D eigenvalue weighted by Crippen LogP contribution is -2.51. The van der Waals surface area contributed by atoms with Crippen molar-refractivity contribution in [3.8, 4) is 0 Å². The van der Waals surface area contributed by atoms with Crippen molar-refractivity contribution in [1.82, 2.24) is 14.1 Å². The molecule has 0 unspecified atom stereocenters. The first-order valence-corrected chi connectivity index (χ1v) is 23.0. The fourth-order valence-electron chi connectivity index (χ4n) is 6.74. The first kappa shape index (κ1) is 45.8. The minimum absolute atomic E-state index is 0.0692. The molecule has 0 fully saturated rings. The van der Waals surface area contributed by atoms with Crippen LogP contribution in [0.2, 0.25) is 18.1 Å². The summed E-state index contributed by atoms with van der Waals surface area (Å²) in [5, 5.41) is 4.36. The molecular formula is C44H62N6O7Si. The Balaban J connectivity index is 2.04. The molecule has 58 heavy (non-hydrogen) atoms. The molecule has 0 amide bonds. The summed E-state index contributed by atoms with van der Waals surface area (Å²) < 4.78 is 28.5. The predicted octanol–water partition coefficient (Wildman–Crippen LogP) is 10.4. The number of azide groups is 1. The van der Waals surface area contributed by atoms with E-state index >= 15 is 0 Å². The number of imidazole rings is 1. The number of unbranched alkanes of at least 4 members (excludes halogenated alkanes) is 1. The number of aromatic nitrogens is 3. The third-order valence-electron chi connectivity index (χ3n) is 10.8. The Labute approximate surface area is 344 Å². The van der Waals surface area contributed by atoms with Crippen LogP contribution in [-0.2, 0) is 53.0 Å². The van der Waals surface area contributed by atoms with E-state index in [4.69, 9.17) is 23.6 Å². The van der Waals surface area contributed by atoms with Crippen molar-refractivity contribution >= 4 is 37.3 Å². The Bertz CT molecular complexity index is 2100. The predicted molar refractivity (Wildman–Crippen MR) is 228 cm³/mol. The number of carbonyl (C=O) groups excluding carboxylic acids is 3. The normalized spacial score (nSPS) is 13.4. The van der Waals surface area contributed by atoms with E-state index < -0.39 is 49.6 Å². The van der Waals surface area contributed by atoms with Crippen LogP contribution in [-0.4, -0.2) is 65.3 Å². The number of hydrogen-bond donors (Lipinski definition) is 0. The number of para-hydroxylation sites is 1. The number of rotatable bonds is 17. The Morgan fingerprint density at radius 3 is 2.22 bits per heavy atom. The molecule has 0 radical (unpaired) electrons. The lowest BCUT2D eigenvalue weighted by molar-refractivity contribution is -0.146. The molecule has 4 aromatic rings. The minimum Gasteiger partial charge on any atom is -0.465 e. The molecule has 2 aromatic carbocycles. The number of carbonyl (C=O) groups is 3. The van der Waals surface area contributed by atoms with E-state index in [0.717, 1.165) is 23.8 Å². The number of nitrogens with zero attached hydrogens (tertiary/aromatic N) is 6. The maximum Gasteiger partial charge on any atom is 0.419 e. The number of ether oxygens (including phenoxy) is 3. The van der Waals surface area contributed by atoms with Crippen LogP contribution in [0.15, 0.2) is 66.0 Å². The lowest BCUT2D eigenvalue weighted by Gasteiger charge is -2.44. The largest absolute Gasteiger partial charge is 0.465 e. The maximum absolute atomic E-state index is 14.4. The summed E-state index contributed by atoms with van der Waals surface area (Å²) in [5.41, 5.74) is 11.6. The maximum atomic E-state index is 14.4. The van der Waals surface area contributed by atoms with Crippen molar-refractivity contribution in [2.24, 2.45) is 5.11 Å². The van der Waals surface area contributed by atoms with Gasteiger partial charge in [-0.25, -0.2) is 14.3 Å². The Hall–Kier alpha value is -4.91. The molecule has 0 N–H and O–H groups in total. The number of esters is 2. The van der Waals surface area contributed by atoms with Gasteiger partial charge >= 0.3 is 18.0 Å². The standard InChI is InChI=1S/C44H62N6O7Si/c1-13-14-24-54-38(52)25-33-32-22-18-19-23-34(32)50(41(53)56-42(3,4)5)35(33)26-37(57-58(11,12)43(6,7)8)44(9,10)40-39(36(27-47-48-45)55-30(2)51)49(29-46-40)28-31-20-16-15-17-21-31/h15-23,29,36-37H,13-14,24-28H2,1-12H3/t36-,37-/m0/s1. The summed E-state index contributed by atoms with van der Waals surface area (Å²) in [7, 11) is -2.61. The average Bonchev–Trinajstić information content (AvgIpc) is 3.68. The van der Waals surface area contributed by atoms with Gasteiger partial charge in [0.2, 0.25) is 0 Å². The van der Waals surface area contributed by atoms with Crippen LogP contribution < -0.4 is 0 Å². The summed E-state index contributed by atoms with van der Waals surface area (Å²) >= 11 is 0. The van der Waals surface area contributed by atoms with Gasteiger partial charge in [-0.05, 0) is 68.0 Å². The van der Waals surface area contributed by atoms with Crippen LogP contribution >= 0.6 is 0 Å².